The maximum atomic E-state index is 11.8. The largest absolute Gasteiger partial charge is 0.330 e. The average Bonchev–Trinajstić information content (AvgIpc) is 2.38. The van der Waals surface area contributed by atoms with E-state index in [0.717, 1.165) is 0 Å². The molecule has 0 unspecified atom stereocenters. The Morgan fingerprint density at radius 1 is 1.11 bits per heavy atom. The summed E-state index contributed by atoms with van der Waals surface area (Å²) in [6, 6.07) is 10.0. The first kappa shape index (κ1) is 12.3. The molecule has 0 fully saturated rings. The van der Waals surface area contributed by atoms with Crippen molar-refractivity contribution in [1.29, 1.82) is 5.41 Å². The van der Waals surface area contributed by atoms with Gasteiger partial charge in [-0.15, -0.1) is 0 Å². The molecule has 0 spiro atoms. The zero-order valence-corrected chi connectivity index (χ0v) is 10.3. The number of carbonyl (C=O) groups excluding carboxylic acids is 1. The molecule has 0 aliphatic heterocycles. The fourth-order valence-corrected chi connectivity index (χ4v) is 1.53. The molecule has 2 rings (SSSR count). The van der Waals surface area contributed by atoms with Crippen LogP contribution in [0, 0.1) is 5.41 Å². The SMILES string of the molecule is N=c1ccn(/C=C/C(=O)c2ccc(Cl)cc2)cc1. The molecule has 0 saturated carbocycles. The van der Waals surface area contributed by atoms with Crippen molar-refractivity contribution < 1.29 is 4.79 Å². The maximum Gasteiger partial charge on any atom is 0.187 e. The Kier molecular flexibility index (Phi) is 3.75. The van der Waals surface area contributed by atoms with Crippen molar-refractivity contribution in [2.45, 2.75) is 0 Å². The standard InChI is InChI=1S/C14H11ClN2O/c15-12-3-1-11(2-4-12)14(18)7-10-17-8-5-13(16)6-9-17/h1-10,16H/b10-7+. The zero-order valence-electron chi connectivity index (χ0n) is 9.51. The summed E-state index contributed by atoms with van der Waals surface area (Å²) in [5.41, 5.74) is 0.591. The lowest BCUT2D eigenvalue weighted by molar-refractivity contribution is 0.104. The second kappa shape index (κ2) is 5.47. The molecule has 0 aliphatic rings. The van der Waals surface area contributed by atoms with Crippen LogP contribution in [-0.2, 0) is 0 Å². The molecule has 1 aromatic heterocycles. The van der Waals surface area contributed by atoms with E-state index in [1.54, 1.807) is 59.6 Å². The first-order valence-corrected chi connectivity index (χ1v) is 5.73. The highest BCUT2D eigenvalue weighted by molar-refractivity contribution is 6.30. The number of hydrogen-bond acceptors (Lipinski definition) is 2. The molecule has 18 heavy (non-hydrogen) atoms. The third-order valence-corrected chi connectivity index (χ3v) is 2.63. The van der Waals surface area contributed by atoms with Gasteiger partial charge in [0.25, 0.3) is 0 Å². The van der Waals surface area contributed by atoms with E-state index < -0.39 is 0 Å². The van der Waals surface area contributed by atoms with E-state index in [0.29, 0.717) is 15.9 Å². The van der Waals surface area contributed by atoms with Crippen molar-refractivity contribution >= 4 is 23.6 Å². The maximum absolute atomic E-state index is 11.8. The third kappa shape index (κ3) is 3.18. The van der Waals surface area contributed by atoms with Gasteiger partial charge >= 0.3 is 0 Å². The van der Waals surface area contributed by atoms with Crippen LogP contribution in [-0.4, -0.2) is 10.4 Å². The van der Waals surface area contributed by atoms with Gasteiger partial charge < -0.3 is 9.98 Å². The van der Waals surface area contributed by atoms with Gasteiger partial charge in [0.15, 0.2) is 5.78 Å². The van der Waals surface area contributed by atoms with Gasteiger partial charge in [-0.25, -0.2) is 0 Å². The van der Waals surface area contributed by atoms with E-state index in [2.05, 4.69) is 0 Å². The summed E-state index contributed by atoms with van der Waals surface area (Å²) >= 11 is 5.75. The predicted molar refractivity (Wildman–Crippen MR) is 71.4 cm³/mol. The zero-order chi connectivity index (χ0) is 13.0. The minimum Gasteiger partial charge on any atom is -0.330 e. The van der Waals surface area contributed by atoms with E-state index in [9.17, 15) is 4.79 Å². The Labute approximate surface area is 109 Å². The van der Waals surface area contributed by atoms with Crippen molar-refractivity contribution in [3.05, 3.63) is 70.8 Å². The van der Waals surface area contributed by atoms with Crippen molar-refractivity contribution in [1.82, 2.24) is 4.57 Å². The van der Waals surface area contributed by atoms with Gasteiger partial charge in [-0.3, -0.25) is 4.79 Å². The normalized spacial score (nSPS) is 10.7. The Morgan fingerprint density at radius 2 is 1.72 bits per heavy atom. The van der Waals surface area contributed by atoms with Gasteiger partial charge in [-0.2, -0.15) is 0 Å². The average molecular weight is 259 g/mol. The number of allylic oxidation sites excluding steroid dienone is 1. The highest BCUT2D eigenvalue weighted by Crippen LogP contribution is 2.10. The first-order valence-electron chi connectivity index (χ1n) is 5.36. The lowest BCUT2D eigenvalue weighted by Crippen LogP contribution is -2.00. The van der Waals surface area contributed by atoms with E-state index >= 15 is 0 Å². The Morgan fingerprint density at radius 3 is 2.33 bits per heavy atom. The molecule has 1 N–H and O–H groups in total. The summed E-state index contributed by atoms with van der Waals surface area (Å²) in [5.74, 6) is -0.0888. The monoisotopic (exact) mass is 258 g/mol. The van der Waals surface area contributed by atoms with Crippen molar-refractivity contribution in [3.8, 4) is 0 Å². The summed E-state index contributed by atoms with van der Waals surface area (Å²) in [5, 5.41) is 8.39. The van der Waals surface area contributed by atoms with Gasteiger partial charge in [0, 0.05) is 35.3 Å². The summed E-state index contributed by atoms with van der Waals surface area (Å²) in [7, 11) is 0. The highest BCUT2D eigenvalue weighted by Gasteiger charge is 2.00. The summed E-state index contributed by atoms with van der Waals surface area (Å²) in [4.78, 5) is 11.8. The molecular formula is C14H11ClN2O. The minimum absolute atomic E-state index is 0.0888. The van der Waals surface area contributed by atoms with Crippen LogP contribution in [0.4, 0.5) is 0 Å². The Hall–Kier alpha value is -2.13. The lowest BCUT2D eigenvalue weighted by atomic mass is 10.1. The van der Waals surface area contributed by atoms with Gasteiger partial charge in [-0.05, 0) is 36.4 Å². The van der Waals surface area contributed by atoms with Crippen molar-refractivity contribution in [2.75, 3.05) is 0 Å². The molecule has 0 saturated heterocycles. The number of rotatable bonds is 3. The van der Waals surface area contributed by atoms with Crippen LogP contribution >= 0.6 is 11.6 Å². The number of pyridine rings is 1. The topological polar surface area (TPSA) is 45.9 Å². The third-order valence-electron chi connectivity index (χ3n) is 2.38. The number of aromatic nitrogens is 1. The van der Waals surface area contributed by atoms with Gasteiger partial charge in [-0.1, -0.05) is 11.6 Å². The molecule has 0 bridgehead atoms. The molecular weight excluding hydrogens is 248 g/mol. The van der Waals surface area contributed by atoms with Crippen LogP contribution in [0.5, 0.6) is 0 Å². The van der Waals surface area contributed by atoms with Crippen LogP contribution < -0.4 is 5.36 Å². The highest BCUT2D eigenvalue weighted by atomic mass is 35.5. The molecule has 3 nitrogen and oxygen atoms in total. The van der Waals surface area contributed by atoms with Crippen molar-refractivity contribution in [3.63, 3.8) is 0 Å². The van der Waals surface area contributed by atoms with Crippen LogP contribution in [0.1, 0.15) is 10.4 Å². The van der Waals surface area contributed by atoms with E-state index in [4.69, 9.17) is 17.0 Å². The Bertz CT molecular complexity index is 621. The molecule has 1 heterocycles. The first-order chi connectivity index (χ1) is 8.65. The second-order valence-corrected chi connectivity index (χ2v) is 4.16. The minimum atomic E-state index is -0.0888. The van der Waals surface area contributed by atoms with E-state index in [1.807, 2.05) is 0 Å². The summed E-state index contributed by atoms with van der Waals surface area (Å²) in [6.45, 7) is 0. The fourth-order valence-electron chi connectivity index (χ4n) is 1.40. The fraction of sp³-hybridized carbons (Fsp3) is 0. The van der Waals surface area contributed by atoms with Crippen molar-refractivity contribution in [2.24, 2.45) is 0 Å². The number of ketones is 1. The van der Waals surface area contributed by atoms with Gasteiger partial charge in [0.2, 0.25) is 0 Å². The molecule has 1 aromatic carbocycles. The van der Waals surface area contributed by atoms with Crippen LogP contribution in [0.25, 0.3) is 6.20 Å². The number of nitrogens with zero attached hydrogens (tertiary/aromatic N) is 1. The van der Waals surface area contributed by atoms with Crippen LogP contribution in [0.2, 0.25) is 5.02 Å². The molecule has 0 radical (unpaired) electrons. The Balaban J connectivity index is 2.14. The molecule has 2 aromatic rings. The lowest BCUT2D eigenvalue weighted by Gasteiger charge is -1.98. The molecule has 4 heteroatoms. The van der Waals surface area contributed by atoms with E-state index in [-0.39, 0.29) is 5.78 Å². The molecule has 0 aliphatic carbocycles. The smallest absolute Gasteiger partial charge is 0.187 e. The van der Waals surface area contributed by atoms with Crippen LogP contribution in [0.15, 0.2) is 54.9 Å². The summed E-state index contributed by atoms with van der Waals surface area (Å²) < 4.78 is 1.71. The molecule has 90 valence electrons. The number of nitrogens with one attached hydrogen (secondary N) is 1. The number of hydrogen-bond donors (Lipinski definition) is 1. The van der Waals surface area contributed by atoms with E-state index in [1.165, 1.54) is 6.08 Å². The predicted octanol–water partition coefficient (Wildman–Crippen LogP) is 2.97. The second-order valence-electron chi connectivity index (χ2n) is 3.72. The number of halogens is 1. The quantitative estimate of drug-likeness (QED) is 0.668. The number of carbonyl (C=O) groups is 1. The van der Waals surface area contributed by atoms with Gasteiger partial charge in [0.05, 0.1) is 5.36 Å². The summed E-state index contributed by atoms with van der Waals surface area (Å²) in [6.07, 6.45) is 6.56. The van der Waals surface area contributed by atoms with Gasteiger partial charge in [0.1, 0.15) is 0 Å². The molecule has 0 atom stereocenters. The number of benzene rings is 1. The molecule has 0 amide bonds. The van der Waals surface area contributed by atoms with Crippen LogP contribution in [0.3, 0.4) is 0 Å².